The Morgan fingerprint density at radius 1 is 0.943 bits per heavy atom. The molecule has 2 fully saturated rings. The van der Waals surface area contributed by atoms with Gasteiger partial charge in [-0.05, 0) is 49.1 Å². The summed E-state index contributed by atoms with van der Waals surface area (Å²) >= 11 is 0. The third kappa shape index (κ3) is 7.60. The second-order valence-corrected chi connectivity index (χ2v) is 15.1. The van der Waals surface area contributed by atoms with Gasteiger partial charge < -0.3 is 25.3 Å². The Morgan fingerprint density at radius 3 is 2.42 bits per heavy atom. The number of sulfonamides is 1. The molecule has 0 radical (unpaired) electrons. The minimum absolute atomic E-state index is 0.145. The number of nitrogens with two attached hydrogens (primary N) is 1. The number of ether oxygens (including phenoxy) is 3. The van der Waals surface area contributed by atoms with Crippen molar-refractivity contribution in [3.8, 4) is 28.5 Å². The Kier molecular flexibility index (Phi) is 9.91. The van der Waals surface area contributed by atoms with Gasteiger partial charge in [-0.15, -0.1) is 6.58 Å². The molecule has 53 heavy (non-hydrogen) atoms. The predicted octanol–water partition coefficient (Wildman–Crippen LogP) is 5.54. The highest BCUT2D eigenvalue weighted by Crippen LogP contribution is 2.46. The van der Waals surface area contributed by atoms with Gasteiger partial charge in [0.15, 0.2) is 0 Å². The second kappa shape index (κ2) is 14.7. The van der Waals surface area contributed by atoms with Gasteiger partial charge in [-0.1, -0.05) is 72.8 Å². The molecular weight excluding hydrogens is 693 g/mol. The number of carbonyl (C=O) groups excluding carboxylic acids is 2. The van der Waals surface area contributed by atoms with Crippen LogP contribution in [0.2, 0.25) is 0 Å². The van der Waals surface area contributed by atoms with Crippen LogP contribution in [-0.2, 0) is 26.2 Å². The van der Waals surface area contributed by atoms with Crippen molar-refractivity contribution >= 4 is 32.7 Å². The SMILES string of the molecule is C=C[C@@H]1C[C@]1(NC(=O)[C@@H]1CC(N)[C@@H](Oc2cc(-c3ccccc3)nc3cc(OC)ccc23)C1)C(=O)NS(=O)(=O)c1cccc(OCc2ccccc2)c1. The highest BCUT2D eigenvalue weighted by Gasteiger charge is 2.61. The number of hydrogen-bond acceptors (Lipinski definition) is 9. The van der Waals surface area contributed by atoms with E-state index in [4.69, 9.17) is 24.9 Å². The number of fused-ring (bicyclic) bond motifs is 1. The molecule has 12 heteroatoms. The molecule has 272 valence electrons. The molecule has 5 aromatic rings. The smallest absolute Gasteiger partial charge is 0.264 e. The fraction of sp³-hybridized carbons (Fsp3) is 0.244. The number of pyridine rings is 1. The largest absolute Gasteiger partial charge is 0.497 e. The number of carbonyl (C=O) groups is 2. The first-order valence-corrected chi connectivity index (χ1v) is 18.8. The summed E-state index contributed by atoms with van der Waals surface area (Å²) in [6.07, 6.45) is 1.83. The molecule has 2 saturated carbocycles. The Hall–Kier alpha value is -5.72. The summed E-state index contributed by atoms with van der Waals surface area (Å²) in [4.78, 5) is 32.2. The van der Waals surface area contributed by atoms with E-state index in [1.54, 1.807) is 19.3 Å². The van der Waals surface area contributed by atoms with Crippen LogP contribution in [-0.4, -0.2) is 50.0 Å². The van der Waals surface area contributed by atoms with E-state index in [-0.39, 0.29) is 24.3 Å². The molecule has 4 N–H and O–H groups in total. The van der Waals surface area contributed by atoms with Crippen molar-refractivity contribution in [3.63, 3.8) is 0 Å². The van der Waals surface area contributed by atoms with Gasteiger partial charge in [0, 0.05) is 47.0 Å². The van der Waals surface area contributed by atoms with Crippen molar-refractivity contribution in [2.75, 3.05) is 7.11 Å². The quantitative estimate of drug-likeness (QED) is 0.132. The van der Waals surface area contributed by atoms with Gasteiger partial charge in [-0.2, -0.15) is 0 Å². The Balaban J connectivity index is 1.04. The third-order valence-corrected chi connectivity index (χ3v) is 11.2. The maximum Gasteiger partial charge on any atom is 0.264 e. The topological polar surface area (TPSA) is 159 Å². The molecule has 2 aliphatic rings. The lowest BCUT2D eigenvalue weighted by molar-refractivity contribution is -0.131. The lowest BCUT2D eigenvalue weighted by Crippen LogP contribution is -2.53. The van der Waals surface area contributed by atoms with E-state index < -0.39 is 51.4 Å². The number of amides is 2. The molecule has 0 bridgehead atoms. The van der Waals surface area contributed by atoms with Crippen molar-refractivity contribution in [1.29, 1.82) is 0 Å². The van der Waals surface area contributed by atoms with Crippen molar-refractivity contribution in [2.45, 2.75) is 48.4 Å². The highest BCUT2D eigenvalue weighted by molar-refractivity contribution is 7.90. The second-order valence-electron chi connectivity index (χ2n) is 13.4. The van der Waals surface area contributed by atoms with E-state index in [1.807, 2.05) is 84.9 Å². The van der Waals surface area contributed by atoms with Gasteiger partial charge >= 0.3 is 0 Å². The average Bonchev–Trinajstić information content (AvgIpc) is 3.78. The van der Waals surface area contributed by atoms with Crippen molar-refractivity contribution in [2.24, 2.45) is 17.6 Å². The lowest BCUT2D eigenvalue weighted by atomic mass is 10.1. The van der Waals surface area contributed by atoms with Gasteiger partial charge in [0.1, 0.15) is 35.5 Å². The third-order valence-electron chi connectivity index (χ3n) is 9.89. The van der Waals surface area contributed by atoms with Crippen LogP contribution in [0.5, 0.6) is 17.2 Å². The van der Waals surface area contributed by atoms with Crippen LogP contribution in [0, 0.1) is 11.8 Å². The van der Waals surface area contributed by atoms with Crippen LogP contribution in [0.4, 0.5) is 0 Å². The molecule has 7 rings (SSSR count). The molecular formula is C41H40N4O7S. The summed E-state index contributed by atoms with van der Waals surface area (Å²) in [5.74, 6) is -0.734. The summed E-state index contributed by atoms with van der Waals surface area (Å²) in [6.45, 7) is 4.04. The molecule has 4 aromatic carbocycles. The maximum atomic E-state index is 13.8. The zero-order valence-electron chi connectivity index (χ0n) is 29.1. The zero-order valence-corrected chi connectivity index (χ0v) is 29.9. The van der Waals surface area contributed by atoms with Crippen LogP contribution in [0.25, 0.3) is 22.2 Å². The van der Waals surface area contributed by atoms with E-state index in [0.29, 0.717) is 34.9 Å². The van der Waals surface area contributed by atoms with Crippen LogP contribution < -0.4 is 30.0 Å². The van der Waals surface area contributed by atoms with Gasteiger partial charge in [-0.3, -0.25) is 9.59 Å². The van der Waals surface area contributed by atoms with Gasteiger partial charge in [0.2, 0.25) is 5.91 Å². The van der Waals surface area contributed by atoms with Crippen LogP contribution in [0.3, 0.4) is 0 Å². The minimum atomic E-state index is -4.31. The van der Waals surface area contributed by atoms with E-state index in [1.165, 1.54) is 18.2 Å². The van der Waals surface area contributed by atoms with Gasteiger partial charge in [0.25, 0.3) is 15.9 Å². The summed E-state index contributed by atoms with van der Waals surface area (Å²) in [7, 11) is -2.72. The number of rotatable bonds is 13. The summed E-state index contributed by atoms with van der Waals surface area (Å²) in [6, 6.07) is 32.0. The molecule has 5 atom stereocenters. The van der Waals surface area contributed by atoms with E-state index in [9.17, 15) is 18.0 Å². The molecule has 0 saturated heterocycles. The number of nitrogens with zero attached hydrogens (tertiary/aromatic N) is 1. The summed E-state index contributed by atoms with van der Waals surface area (Å²) in [5.41, 5.74) is 8.32. The maximum absolute atomic E-state index is 13.8. The standard InChI is InChI=1S/C41H40N4O7S/c1-3-29-24-41(29,40(47)45-53(48,49)32-16-10-15-31(21-32)51-25-26-11-6-4-7-12-26)44-39(46)28-19-34(42)38(20-28)52-37-23-35(27-13-8-5-9-14-27)43-36-22-30(50-2)17-18-33(36)37/h3-18,21-23,28-29,34,38H,1,19-20,24-25,42H2,2H3,(H,44,46)(H,45,47)/t28-,29-,34?,38+,41-/m1/s1. The van der Waals surface area contributed by atoms with Crippen LogP contribution in [0.1, 0.15) is 24.8 Å². The molecule has 2 aliphatic carbocycles. The molecule has 1 heterocycles. The first kappa shape index (κ1) is 35.7. The number of aromatic nitrogens is 1. The molecule has 2 amide bonds. The van der Waals surface area contributed by atoms with Crippen molar-refractivity contribution < 1.29 is 32.2 Å². The Labute approximate surface area is 308 Å². The van der Waals surface area contributed by atoms with E-state index >= 15 is 0 Å². The lowest BCUT2D eigenvalue weighted by Gasteiger charge is -2.21. The summed E-state index contributed by atoms with van der Waals surface area (Å²) in [5, 5.41) is 3.63. The number of benzene rings is 4. The first-order chi connectivity index (χ1) is 25.6. The van der Waals surface area contributed by atoms with Crippen molar-refractivity contribution in [1.82, 2.24) is 15.0 Å². The zero-order chi connectivity index (χ0) is 37.2. The summed E-state index contributed by atoms with van der Waals surface area (Å²) < 4.78 is 46.8. The van der Waals surface area contributed by atoms with Crippen LogP contribution in [0.15, 0.2) is 127 Å². The molecule has 1 aromatic heterocycles. The van der Waals surface area contributed by atoms with Crippen molar-refractivity contribution in [3.05, 3.63) is 127 Å². The fourth-order valence-electron chi connectivity index (χ4n) is 6.80. The number of nitrogens with one attached hydrogen (secondary N) is 2. The highest BCUT2D eigenvalue weighted by atomic mass is 32.2. The molecule has 0 spiro atoms. The average molecular weight is 733 g/mol. The Morgan fingerprint density at radius 2 is 1.70 bits per heavy atom. The fourth-order valence-corrected chi connectivity index (χ4v) is 7.88. The molecule has 1 unspecified atom stereocenters. The van der Waals surface area contributed by atoms with Gasteiger partial charge in [-0.25, -0.2) is 18.1 Å². The first-order valence-electron chi connectivity index (χ1n) is 17.3. The minimum Gasteiger partial charge on any atom is -0.497 e. The predicted molar refractivity (Wildman–Crippen MR) is 201 cm³/mol. The van der Waals surface area contributed by atoms with Gasteiger partial charge in [0.05, 0.1) is 23.2 Å². The molecule has 11 nitrogen and oxygen atoms in total. The number of hydrogen-bond donors (Lipinski definition) is 3. The molecule has 0 aliphatic heterocycles. The number of methoxy groups -OCH3 is 1. The van der Waals surface area contributed by atoms with E-state index in [2.05, 4.69) is 16.6 Å². The Bertz CT molecular complexity index is 2270. The van der Waals surface area contributed by atoms with Crippen LogP contribution >= 0.6 is 0 Å². The van der Waals surface area contributed by atoms with E-state index in [0.717, 1.165) is 16.5 Å². The monoisotopic (exact) mass is 732 g/mol. The normalized spacial score (nSPS) is 22.1.